The van der Waals surface area contributed by atoms with E-state index in [2.05, 4.69) is 73.9 Å². The van der Waals surface area contributed by atoms with E-state index in [-0.39, 0.29) is 5.54 Å². The normalized spacial score (nSPS) is 12.5. The van der Waals surface area contributed by atoms with Gasteiger partial charge in [-0.2, -0.15) is 0 Å². The lowest BCUT2D eigenvalue weighted by Gasteiger charge is -2.22. The Morgan fingerprint density at radius 1 is 0.762 bits per heavy atom. The minimum absolute atomic E-state index is 0.0139. The standard InChI is InChI=1S/C19H18N2/c1-19(2,3)21-12-20-17-15-10-6-4-8-13(15)14-9-5-7-11-16(14)18(17)21/h4-12H,1-3H3. The first-order valence-corrected chi connectivity index (χ1v) is 7.34. The molecule has 0 aliphatic heterocycles. The molecule has 3 aromatic carbocycles. The Morgan fingerprint density at radius 2 is 1.29 bits per heavy atom. The summed E-state index contributed by atoms with van der Waals surface area (Å²) in [6.45, 7) is 6.66. The maximum atomic E-state index is 4.73. The van der Waals surface area contributed by atoms with Crippen LogP contribution >= 0.6 is 0 Å². The number of nitrogens with zero attached hydrogens (tertiary/aromatic N) is 2. The van der Waals surface area contributed by atoms with Gasteiger partial charge in [-0.25, -0.2) is 4.98 Å². The minimum atomic E-state index is 0.0139. The second-order valence-electron chi connectivity index (χ2n) is 6.57. The summed E-state index contributed by atoms with van der Waals surface area (Å²) in [5, 5.41) is 5.08. The van der Waals surface area contributed by atoms with Crippen molar-refractivity contribution in [2.45, 2.75) is 26.3 Å². The van der Waals surface area contributed by atoms with Gasteiger partial charge in [0.1, 0.15) is 0 Å². The highest BCUT2D eigenvalue weighted by Gasteiger charge is 2.19. The Kier molecular flexibility index (Phi) is 2.41. The molecule has 0 aliphatic rings. The molecule has 1 heterocycles. The van der Waals surface area contributed by atoms with Crippen molar-refractivity contribution in [2.75, 3.05) is 0 Å². The van der Waals surface area contributed by atoms with E-state index in [1.807, 2.05) is 6.33 Å². The molecule has 0 radical (unpaired) electrons. The molecule has 104 valence electrons. The van der Waals surface area contributed by atoms with E-state index in [0.29, 0.717) is 0 Å². The Labute approximate surface area is 124 Å². The number of hydrogen-bond acceptors (Lipinski definition) is 1. The third-order valence-electron chi connectivity index (χ3n) is 4.14. The van der Waals surface area contributed by atoms with Gasteiger partial charge >= 0.3 is 0 Å². The number of rotatable bonds is 0. The van der Waals surface area contributed by atoms with Gasteiger partial charge in [0.15, 0.2) is 0 Å². The van der Waals surface area contributed by atoms with Crippen LogP contribution in [0.25, 0.3) is 32.6 Å². The van der Waals surface area contributed by atoms with Crippen molar-refractivity contribution >= 4 is 32.6 Å². The summed E-state index contributed by atoms with van der Waals surface area (Å²) in [6.07, 6.45) is 1.98. The van der Waals surface area contributed by atoms with E-state index < -0.39 is 0 Å². The van der Waals surface area contributed by atoms with Gasteiger partial charge in [0.05, 0.1) is 17.4 Å². The van der Waals surface area contributed by atoms with Crippen molar-refractivity contribution in [1.29, 1.82) is 0 Å². The van der Waals surface area contributed by atoms with Crippen molar-refractivity contribution in [3.63, 3.8) is 0 Å². The zero-order chi connectivity index (χ0) is 14.6. The molecule has 0 atom stereocenters. The SMILES string of the molecule is CC(C)(C)n1cnc2c3ccccc3c3ccccc3c21. The smallest absolute Gasteiger partial charge is 0.0969 e. The van der Waals surface area contributed by atoms with Crippen LogP contribution in [0.5, 0.6) is 0 Å². The zero-order valence-corrected chi connectivity index (χ0v) is 12.6. The van der Waals surface area contributed by atoms with Gasteiger partial charge in [0.2, 0.25) is 0 Å². The van der Waals surface area contributed by atoms with Crippen molar-refractivity contribution < 1.29 is 0 Å². The number of imidazole rings is 1. The quantitative estimate of drug-likeness (QED) is 0.408. The van der Waals surface area contributed by atoms with Crippen molar-refractivity contribution in [3.8, 4) is 0 Å². The molecular weight excluding hydrogens is 256 g/mol. The summed E-state index contributed by atoms with van der Waals surface area (Å²) >= 11 is 0. The van der Waals surface area contributed by atoms with Crippen molar-refractivity contribution in [3.05, 3.63) is 54.9 Å². The molecule has 0 amide bonds. The van der Waals surface area contributed by atoms with Gasteiger partial charge in [-0.1, -0.05) is 48.5 Å². The van der Waals surface area contributed by atoms with Crippen LogP contribution in [0.2, 0.25) is 0 Å². The third-order valence-corrected chi connectivity index (χ3v) is 4.14. The monoisotopic (exact) mass is 274 g/mol. The largest absolute Gasteiger partial charge is 0.325 e. The molecule has 4 aromatic rings. The first-order valence-electron chi connectivity index (χ1n) is 7.34. The third kappa shape index (κ3) is 1.69. The lowest BCUT2D eigenvalue weighted by atomic mass is 9.99. The Hall–Kier alpha value is -2.35. The molecule has 2 nitrogen and oxygen atoms in total. The fraction of sp³-hybridized carbons (Fsp3) is 0.211. The van der Waals surface area contributed by atoms with Gasteiger partial charge in [0, 0.05) is 16.3 Å². The van der Waals surface area contributed by atoms with Crippen molar-refractivity contribution in [2.24, 2.45) is 0 Å². The number of fused-ring (bicyclic) bond motifs is 6. The minimum Gasteiger partial charge on any atom is -0.325 e. The second-order valence-corrected chi connectivity index (χ2v) is 6.57. The molecule has 0 saturated heterocycles. The lowest BCUT2D eigenvalue weighted by molar-refractivity contribution is 0.409. The van der Waals surface area contributed by atoms with Crippen LogP contribution in [-0.4, -0.2) is 9.55 Å². The number of hydrogen-bond donors (Lipinski definition) is 0. The van der Waals surface area contributed by atoms with E-state index in [4.69, 9.17) is 4.98 Å². The highest BCUT2D eigenvalue weighted by atomic mass is 15.1. The number of aromatic nitrogens is 2. The summed E-state index contributed by atoms with van der Waals surface area (Å²) in [7, 11) is 0. The predicted molar refractivity (Wildman–Crippen MR) is 89.7 cm³/mol. The van der Waals surface area contributed by atoms with Gasteiger partial charge in [-0.15, -0.1) is 0 Å². The molecule has 2 heteroatoms. The number of benzene rings is 3. The molecular formula is C19H18N2. The highest BCUT2D eigenvalue weighted by molar-refractivity contribution is 6.23. The second kappa shape index (κ2) is 4.08. The van der Waals surface area contributed by atoms with Gasteiger partial charge in [-0.3, -0.25) is 0 Å². The molecule has 0 N–H and O–H groups in total. The molecule has 0 unspecified atom stereocenters. The Balaban J connectivity index is 2.36. The molecule has 0 saturated carbocycles. The molecule has 0 bridgehead atoms. The summed E-state index contributed by atoms with van der Waals surface area (Å²) in [6, 6.07) is 17.2. The van der Waals surface area contributed by atoms with E-state index in [1.54, 1.807) is 0 Å². The predicted octanol–water partition coefficient (Wildman–Crippen LogP) is 5.10. The topological polar surface area (TPSA) is 17.8 Å². The van der Waals surface area contributed by atoms with Crippen LogP contribution in [0.15, 0.2) is 54.9 Å². The zero-order valence-electron chi connectivity index (χ0n) is 12.6. The maximum absolute atomic E-state index is 4.73. The van der Waals surface area contributed by atoms with Gasteiger partial charge < -0.3 is 4.57 Å². The summed E-state index contributed by atoms with van der Waals surface area (Å²) in [4.78, 5) is 4.73. The molecule has 1 aromatic heterocycles. The van der Waals surface area contributed by atoms with Crippen LogP contribution in [-0.2, 0) is 5.54 Å². The van der Waals surface area contributed by atoms with E-state index in [0.717, 1.165) is 5.52 Å². The molecule has 0 aliphatic carbocycles. The first kappa shape index (κ1) is 12.4. The Morgan fingerprint density at radius 3 is 1.90 bits per heavy atom. The highest BCUT2D eigenvalue weighted by Crippen LogP contribution is 2.36. The van der Waals surface area contributed by atoms with Crippen LogP contribution in [0, 0.1) is 0 Å². The van der Waals surface area contributed by atoms with Crippen LogP contribution in [0.4, 0.5) is 0 Å². The lowest BCUT2D eigenvalue weighted by Crippen LogP contribution is -2.20. The van der Waals surface area contributed by atoms with Gasteiger partial charge in [-0.05, 0) is 31.5 Å². The summed E-state index contributed by atoms with van der Waals surface area (Å²) in [5.41, 5.74) is 2.34. The Bertz CT molecular complexity index is 971. The first-order chi connectivity index (χ1) is 10.1. The van der Waals surface area contributed by atoms with E-state index >= 15 is 0 Å². The molecule has 4 rings (SSSR count). The molecule has 21 heavy (non-hydrogen) atoms. The molecule has 0 spiro atoms. The summed E-state index contributed by atoms with van der Waals surface area (Å²) in [5.74, 6) is 0. The van der Waals surface area contributed by atoms with Crippen molar-refractivity contribution in [1.82, 2.24) is 9.55 Å². The van der Waals surface area contributed by atoms with Crippen LogP contribution in [0.1, 0.15) is 20.8 Å². The van der Waals surface area contributed by atoms with E-state index in [1.165, 1.54) is 27.1 Å². The maximum Gasteiger partial charge on any atom is 0.0969 e. The van der Waals surface area contributed by atoms with E-state index in [9.17, 15) is 0 Å². The fourth-order valence-corrected chi connectivity index (χ4v) is 3.16. The van der Waals surface area contributed by atoms with Crippen LogP contribution < -0.4 is 0 Å². The van der Waals surface area contributed by atoms with Gasteiger partial charge in [0.25, 0.3) is 0 Å². The molecule has 0 fully saturated rings. The fourth-order valence-electron chi connectivity index (χ4n) is 3.16. The average Bonchev–Trinajstić information content (AvgIpc) is 2.93. The van der Waals surface area contributed by atoms with Crippen LogP contribution in [0.3, 0.4) is 0 Å². The average molecular weight is 274 g/mol. The summed E-state index contributed by atoms with van der Waals surface area (Å²) < 4.78 is 2.29.